The first-order chi connectivity index (χ1) is 10.6. The number of nitrogens with zero attached hydrogens (tertiary/aromatic N) is 1. The molecule has 0 radical (unpaired) electrons. The van der Waals surface area contributed by atoms with Crippen molar-refractivity contribution in [2.24, 2.45) is 10.9 Å². The van der Waals surface area contributed by atoms with Crippen molar-refractivity contribution in [2.45, 2.75) is 20.8 Å². The molecule has 23 heavy (non-hydrogen) atoms. The highest BCUT2D eigenvalue weighted by molar-refractivity contribution is 14.0. The van der Waals surface area contributed by atoms with Crippen LogP contribution in [0.2, 0.25) is 0 Å². The molecule has 0 spiro atoms. The van der Waals surface area contributed by atoms with Gasteiger partial charge >= 0.3 is 0 Å². The topological polar surface area (TPSA) is 75.1 Å². The fourth-order valence-electron chi connectivity index (χ4n) is 1.77. The summed E-state index contributed by atoms with van der Waals surface area (Å²) in [6, 6.07) is 5.65. The molecular weight excluding hydrogens is 409 g/mol. The zero-order valence-electron chi connectivity index (χ0n) is 14.3. The summed E-state index contributed by atoms with van der Waals surface area (Å²) in [6.07, 6.45) is 0. The summed E-state index contributed by atoms with van der Waals surface area (Å²) in [4.78, 5) is 4.46. The van der Waals surface area contributed by atoms with E-state index in [0.717, 1.165) is 12.2 Å². The number of hydrogen-bond donors (Lipinski definition) is 3. The Morgan fingerprint density at radius 2 is 2.04 bits per heavy atom. The van der Waals surface area contributed by atoms with E-state index in [-0.39, 0.29) is 36.5 Å². The highest BCUT2D eigenvalue weighted by Crippen LogP contribution is 2.30. The predicted octanol–water partition coefficient (Wildman–Crippen LogP) is 2.72. The van der Waals surface area contributed by atoms with Crippen molar-refractivity contribution >= 4 is 35.6 Å². The van der Waals surface area contributed by atoms with E-state index in [4.69, 9.17) is 14.6 Å². The average Bonchev–Trinajstić information content (AvgIpc) is 2.54. The largest absolute Gasteiger partial charge is 0.493 e. The molecule has 1 aromatic carbocycles. The smallest absolute Gasteiger partial charge is 0.195 e. The van der Waals surface area contributed by atoms with Crippen molar-refractivity contribution in [3.8, 4) is 11.5 Å². The maximum absolute atomic E-state index is 9.08. The summed E-state index contributed by atoms with van der Waals surface area (Å²) in [5.41, 5.74) is 0.858. The van der Waals surface area contributed by atoms with Crippen molar-refractivity contribution in [1.82, 2.24) is 5.32 Å². The van der Waals surface area contributed by atoms with Crippen molar-refractivity contribution in [2.75, 3.05) is 38.7 Å². The quantitative estimate of drug-likeness (QED) is 0.331. The van der Waals surface area contributed by atoms with E-state index in [2.05, 4.69) is 15.6 Å². The van der Waals surface area contributed by atoms with Crippen LogP contribution in [-0.4, -0.2) is 44.5 Å². The van der Waals surface area contributed by atoms with E-state index in [0.29, 0.717) is 30.6 Å². The van der Waals surface area contributed by atoms with Gasteiger partial charge in [-0.2, -0.15) is 0 Å². The monoisotopic (exact) mass is 437 g/mol. The molecule has 0 saturated carbocycles. The highest BCUT2D eigenvalue weighted by Gasteiger charge is 2.07. The zero-order valence-corrected chi connectivity index (χ0v) is 16.6. The fourth-order valence-corrected chi connectivity index (χ4v) is 1.77. The lowest BCUT2D eigenvalue weighted by Crippen LogP contribution is -2.31. The van der Waals surface area contributed by atoms with Gasteiger partial charge in [0.05, 0.1) is 13.7 Å². The predicted molar refractivity (Wildman–Crippen MR) is 105 cm³/mol. The number of hydrogen-bond acceptors (Lipinski definition) is 4. The van der Waals surface area contributed by atoms with Crippen LogP contribution in [0.25, 0.3) is 0 Å². The summed E-state index contributed by atoms with van der Waals surface area (Å²) in [6.45, 7) is 7.92. The van der Waals surface area contributed by atoms with Crippen molar-refractivity contribution in [3.05, 3.63) is 18.2 Å². The summed E-state index contributed by atoms with van der Waals surface area (Å²) in [7, 11) is 1.61. The maximum atomic E-state index is 9.08. The average molecular weight is 437 g/mol. The van der Waals surface area contributed by atoms with Crippen LogP contribution >= 0.6 is 24.0 Å². The molecule has 7 heteroatoms. The van der Waals surface area contributed by atoms with Crippen LogP contribution in [0.4, 0.5) is 5.69 Å². The Balaban J connectivity index is 0.00000484. The molecule has 0 aliphatic heterocycles. The van der Waals surface area contributed by atoms with Gasteiger partial charge in [0.1, 0.15) is 0 Å². The van der Waals surface area contributed by atoms with Gasteiger partial charge in [-0.3, -0.25) is 4.99 Å². The third kappa shape index (κ3) is 7.74. The number of benzene rings is 1. The van der Waals surface area contributed by atoms with Crippen LogP contribution in [0.15, 0.2) is 23.2 Å². The number of aliphatic hydroxyl groups is 1. The molecule has 0 heterocycles. The van der Waals surface area contributed by atoms with Gasteiger partial charge < -0.3 is 25.2 Å². The molecule has 0 aromatic heterocycles. The van der Waals surface area contributed by atoms with Gasteiger partial charge in [0, 0.05) is 31.5 Å². The number of ether oxygens (including phenoxy) is 2. The van der Waals surface area contributed by atoms with E-state index in [1.165, 1.54) is 0 Å². The number of nitrogens with one attached hydrogen (secondary N) is 2. The molecule has 0 aliphatic carbocycles. The Hall–Kier alpha value is -1.22. The fraction of sp³-hybridized carbons (Fsp3) is 0.562. The number of halogens is 1. The molecule has 0 saturated heterocycles. The molecule has 1 rings (SSSR count). The van der Waals surface area contributed by atoms with E-state index < -0.39 is 0 Å². The van der Waals surface area contributed by atoms with Crippen LogP contribution < -0.4 is 20.1 Å². The Morgan fingerprint density at radius 3 is 2.61 bits per heavy atom. The second kappa shape index (κ2) is 12.2. The molecule has 1 unspecified atom stereocenters. The van der Waals surface area contributed by atoms with Crippen LogP contribution in [0.1, 0.15) is 20.8 Å². The first-order valence-corrected chi connectivity index (χ1v) is 7.61. The van der Waals surface area contributed by atoms with Crippen molar-refractivity contribution in [3.63, 3.8) is 0 Å². The van der Waals surface area contributed by atoms with E-state index in [9.17, 15) is 0 Å². The summed E-state index contributed by atoms with van der Waals surface area (Å²) in [5, 5.41) is 15.5. The van der Waals surface area contributed by atoms with Gasteiger partial charge in [-0.25, -0.2) is 0 Å². The van der Waals surface area contributed by atoms with Gasteiger partial charge in [-0.15, -0.1) is 24.0 Å². The SMILES string of the molecule is CCNC(=NCC(C)CO)Nc1ccc(OCC)c(OC)c1.I. The van der Waals surface area contributed by atoms with Gasteiger partial charge in [-0.1, -0.05) is 6.92 Å². The maximum Gasteiger partial charge on any atom is 0.195 e. The van der Waals surface area contributed by atoms with Crippen molar-refractivity contribution in [1.29, 1.82) is 0 Å². The van der Waals surface area contributed by atoms with Gasteiger partial charge in [0.15, 0.2) is 17.5 Å². The minimum atomic E-state index is 0. The molecule has 1 atom stereocenters. The number of methoxy groups -OCH3 is 1. The Bertz CT molecular complexity index is 484. The number of rotatable bonds is 8. The van der Waals surface area contributed by atoms with Gasteiger partial charge in [0.2, 0.25) is 0 Å². The summed E-state index contributed by atoms with van der Waals surface area (Å²) >= 11 is 0. The second-order valence-corrected chi connectivity index (χ2v) is 4.93. The van der Waals surface area contributed by atoms with Crippen LogP contribution in [0.3, 0.4) is 0 Å². The number of aliphatic hydroxyl groups excluding tert-OH is 1. The van der Waals surface area contributed by atoms with Crippen molar-refractivity contribution < 1.29 is 14.6 Å². The number of aliphatic imine (C=N–C) groups is 1. The lowest BCUT2D eigenvalue weighted by Gasteiger charge is -2.15. The van der Waals surface area contributed by atoms with Crippen LogP contribution in [-0.2, 0) is 0 Å². The minimum Gasteiger partial charge on any atom is -0.493 e. The normalized spacial score (nSPS) is 12.1. The Labute approximate surface area is 155 Å². The van der Waals surface area contributed by atoms with E-state index in [1.54, 1.807) is 7.11 Å². The molecule has 0 bridgehead atoms. The Kier molecular flexibility index (Phi) is 11.6. The van der Waals surface area contributed by atoms with E-state index in [1.807, 2.05) is 39.0 Å². The van der Waals surface area contributed by atoms with Crippen LogP contribution in [0.5, 0.6) is 11.5 Å². The molecule has 6 nitrogen and oxygen atoms in total. The number of anilines is 1. The van der Waals surface area contributed by atoms with Gasteiger partial charge in [0.25, 0.3) is 0 Å². The third-order valence-corrected chi connectivity index (χ3v) is 2.94. The van der Waals surface area contributed by atoms with Crippen LogP contribution in [0, 0.1) is 5.92 Å². The zero-order chi connectivity index (χ0) is 16.4. The molecular formula is C16H28IN3O3. The Morgan fingerprint density at radius 1 is 1.30 bits per heavy atom. The molecule has 3 N–H and O–H groups in total. The minimum absolute atomic E-state index is 0. The molecule has 132 valence electrons. The number of guanidine groups is 1. The second-order valence-electron chi connectivity index (χ2n) is 4.93. The first-order valence-electron chi connectivity index (χ1n) is 7.61. The molecule has 0 aliphatic rings. The lowest BCUT2D eigenvalue weighted by atomic mass is 10.2. The molecule has 0 fully saturated rings. The third-order valence-electron chi connectivity index (χ3n) is 2.94. The first kappa shape index (κ1) is 21.8. The summed E-state index contributed by atoms with van der Waals surface area (Å²) < 4.78 is 10.8. The summed E-state index contributed by atoms with van der Waals surface area (Å²) in [5.74, 6) is 2.19. The van der Waals surface area contributed by atoms with E-state index >= 15 is 0 Å². The molecule has 1 aromatic rings. The van der Waals surface area contributed by atoms with Gasteiger partial charge in [-0.05, 0) is 31.9 Å². The lowest BCUT2D eigenvalue weighted by molar-refractivity contribution is 0.241. The standard InChI is InChI=1S/C16H27N3O3.HI/c1-5-17-16(18-10-12(3)11-20)19-13-7-8-14(22-6-2)15(9-13)21-4;/h7-9,12,20H,5-6,10-11H2,1-4H3,(H2,17,18,19);1H. The molecule has 0 amide bonds. The highest BCUT2D eigenvalue weighted by atomic mass is 127.